The third-order valence-electron chi connectivity index (χ3n) is 4.93. The molecule has 0 saturated heterocycles. The van der Waals surface area contributed by atoms with Crippen LogP contribution in [-0.4, -0.2) is 26.1 Å². The molecule has 2 aromatic carbocycles. The topological polar surface area (TPSA) is 72.7 Å². The maximum atomic E-state index is 13.9. The molecule has 1 amide bonds. The molecule has 0 aliphatic heterocycles. The van der Waals surface area contributed by atoms with Crippen LogP contribution in [0.4, 0.5) is 4.39 Å². The summed E-state index contributed by atoms with van der Waals surface area (Å²) in [7, 11) is 0. The molecule has 158 valence electrons. The second kappa shape index (κ2) is 8.92. The lowest BCUT2D eigenvalue weighted by Gasteiger charge is -2.22. The first-order valence-corrected chi connectivity index (χ1v) is 10.1. The number of hydrogen-bond acceptors (Lipinski definition) is 4. The highest BCUT2D eigenvalue weighted by atomic mass is 35.5. The van der Waals surface area contributed by atoms with Crippen LogP contribution in [0.2, 0.25) is 5.02 Å². The molecule has 0 saturated carbocycles. The molecular weight excluding hydrogens is 405 g/mol. The van der Waals surface area contributed by atoms with Gasteiger partial charge in [0.25, 0.3) is 0 Å². The zero-order valence-electron chi connectivity index (χ0n) is 17.5. The van der Waals surface area contributed by atoms with Crippen molar-refractivity contribution in [3.8, 4) is 11.4 Å². The summed E-state index contributed by atoms with van der Waals surface area (Å²) < 4.78 is 13.9. The van der Waals surface area contributed by atoms with Gasteiger partial charge >= 0.3 is 0 Å². The van der Waals surface area contributed by atoms with Gasteiger partial charge in [-0.1, -0.05) is 55.8 Å². The van der Waals surface area contributed by atoms with E-state index in [9.17, 15) is 9.18 Å². The molecule has 3 aromatic rings. The predicted molar refractivity (Wildman–Crippen MR) is 114 cm³/mol. The van der Waals surface area contributed by atoms with E-state index in [1.165, 1.54) is 22.5 Å². The number of nitrogens with one attached hydrogen (secondary N) is 1. The van der Waals surface area contributed by atoms with E-state index in [0.717, 1.165) is 5.56 Å². The molecule has 0 bridgehead atoms. The summed E-state index contributed by atoms with van der Waals surface area (Å²) in [6, 6.07) is 12.5. The summed E-state index contributed by atoms with van der Waals surface area (Å²) in [5.41, 5.74) is 1.52. The molecule has 1 heterocycles. The van der Waals surface area contributed by atoms with Crippen LogP contribution in [0.15, 0.2) is 42.5 Å². The summed E-state index contributed by atoms with van der Waals surface area (Å²) in [4.78, 5) is 14.1. The van der Waals surface area contributed by atoms with Gasteiger partial charge in [0.2, 0.25) is 11.7 Å². The van der Waals surface area contributed by atoms with E-state index in [0.29, 0.717) is 11.7 Å². The lowest BCUT2D eigenvalue weighted by molar-refractivity contribution is -0.130. The average Bonchev–Trinajstić information content (AvgIpc) is 3.15. The van der Waals surface area contributed by atoms with Crippen molar-refractivity contribution < 1.29 is 9.18 Å². The number of halogens is 2. The van der Waals surface area contributed by atoms with Crippen molar-refractivity contribution in [1.29, 1.82) is 0 Å². The number of benzene rings is 2. The summed E-state index contributed by atoms with van der Waals surface area (Å²) >= 11 is 6.02. The van der Waals surface area contributed by atoms with E-state index < -0.39 is 11.2 Å². The zero-order valence-corrected chi connectivity index (χ0v) is 18.2. The Labute approximate surface area is 180 Å². The number of aromatic nitrogens is 4. The molecule has 0 unspecified atom stereocenters. The van der Waals surface area contributed by atoms with E-state index in [4.69, 9.17) is 11.6 Å². The lowest BCUT2D eigenvalue weighted by atomic mass is 9.92. The Morgan fingerprint density at radius 1 is 1.20 bits per heavy atom. The monoisotopic (exact) mass is 429 g/mol. The van der Waals surface area contributed by atoms with E-state index in [-0.39, 0.29) is 29.6 Å². The average molecular weight is 430 g/mol. The first-order chi connectivity index (χ1) is 14.2. The quantitative estimate of drug-likeness (QED) is 0.595. The summed E-state index contributed by atoms with van der Waals surface area (Å²) in [6.45, 7) is 8.04. The van der Waals surface area contributed by atoms with Crippen LogP contribution in [0, 0.1) is 11.2 Å². The van der Waals surface area contributed by atoms with Gasteiger partial charge in [-0.25, -0.2) is 4.39 Å². The minimum atomic E-state index is -0.836. The van der Waals surface area contributed by atoms with E-state index in [1.54, 1.807) is 19.9 Å². The Morgan fingerprint density at radius 3 is 2.53 bits per heavy atom. The molecular formula is C22H25ClFN5O. The number of amides is 1. The van der Waals surface area contributed by atoms with Gasteiger partial charge < -0.3 is 5.32 Å². The fourth-order valence-corrected chi connectivity index (χ4v) is 3.21. The van der Waals surface area contributed by atoms with Gasteiger partial charge in [0.05, 0.1) is 12.0 Å². The van der Waals surface area contributed by atoms with Crippen molar-refractivity contribution in [3.63, 3.8) is 0 Å². The lowest BCUT2D eigenvalue weighted by Crippen LogP contribution is -2.40. The molecule has 1 aromatic heterocycles. The minimum Gasteiger partial charge on any atom is -0.351 e. The fraction of sp³-hybridized carbons (Fsp3) is 0.364. The Hall–Kier alpha value is -2.80. The van der Waals surface area contributed by atoms with E-state index in [1.807, 2.05) is 24.3 Å². The standard InChI is InChI=1S/C22H25ClFN5O/c1-14(2)15-8-10-16(11-9-15)20-26-28-29(27-20)13-22(3,4)21(30)25-12-17-18(23)6-5-7-19(17)24/h5-11,14H,12-13H2,1-4H3,(H,25,30). The van der Waals surface area contributed by atoms with Gasteiger partial charge in [0.15, 0.2) is 0 Å². The van der Waals surface area contributed by atoms with Gasteiger partial charge in [-0.15, -0.1) is 10.2 Å². The highest BCUT2D eigenvalue weighted by Crippen LogP contribution is 2.23. The highest BCUT2D eigenvalue weighted by Gasteiger charge is 2.29. The molecule has 0 radical (unpaired) electrons. The molecule has 0 aliphatic carbocycles. The third-order valence-corrected chi connectivity index (χ3v) is 5.28. The summed E-state index contributed by atoms with van der Waals surface area (Å²) in [5, 5.41) is 15.6. The number of tetrazole rings is 1. The van der Waals surface area contributed by atoms with Crippen molar-refractivity contribution in [2.75, 3.05) is 0 Å². The number of rotatable bonds is 7. The SMILES string of the molecule is CC(C)c1ccc(-c2nnn(CC(C)(C)C(=O)NCc3c(F)cccc3Cl)n2)cc1. The largest absolute Gasteiger partial charge is 0.351 e. The highest BCUT2D eigenvalue weighted by molar-refractivity contribution is 6.31. The summed E-state index contributed by atoms with van der Waals surface area (Å²) in [5.74, 6) is 0.231. The van der Waals surface area contributed by atoms with Gasteiger partial charge in [-0.3, -0.25) is 4.79 Å². The second-order valence-electron chi connectivity index (χ2n) is 8.19. The molecule has 1 N–H and O–H groups in total. The maximum absolute atomic E-state index is 13.9. The smallest absolute Gasteiger partial charge is 0.227 e. The molecule has 30 heavy (non-hydrogen) atoms. The number of hydrogen-bond donors (Lipinski definition) is 1. The van der Waals surface area contributed by atoms with Crippen molar-refractivity contribution in [2.45, 2.75) is 46.7 Å². The van der Waals surface area contributed by atoms with Crippen LogP contribution in [0.5, 0.6) is 0 Å². The molecule has 0 atom stereocenters. The number of nitrogens with zero attached hydrogens (tertiary/aromatic N) is 4. The van der Waals surface area contributed by atoms with Gasteiger partial charge in [-0.2, -0.15) is 4.80 Å². The van der Waals surface area contributed by atoms with Crippen LogP contribution < -0.4 is 5.32 Å². The Bertz CT molecular complexity index is 1010. The predicted octanol–water partition coefficient (Wildman–Crippen LogP) is 4.60. The van der Waals surface area contributed by atoms with Crippen molar-refractivity contribution in [3.05, 3.63) is 64.4 Å². The molecule has 0 spiro atoms. The normalized spacial score (nSPS) is 11.7. The van der Waals surface area contributed by atoms with E-state index in [2.05, 4.69) is 34.6 Å². The maximum Gasteiger partial charge on any atom is 0.227 e. The Balaban J connectivity index is 1.65. The van der Waals surface area contributed by atoms with Gasteiger partial charge in [0.1, 0.15) is 5.82 Å². The molecule has 3 rings (SSSR count). The second-order valence-corrected chi connectivity index (χ2v) is 8.59. The zero-order chi connectivity index (χ0) is 21.9. The van der Waals surface area contributed by atoms with Crippen LogP contribution in [-0.2, 0) is 17.9 Å². The molecule has 0 aliphatic rings. The molecule has 8 heteroatoms. The molecule has 6 nitrogen and oxygen atoms in total. The summed E-state index contributed by atoms with van der Waals surface area (Å²) in [6.07, 6.45) is 0. The van der Waals surface area contributed by atoms with Crippen LogP contribution >= 0.6 is 11.6 Å². The Kier molecular flexibility index (Phi) is 6.51. The van der Waals surface area contributed by atoms with E-state index >= 15 is 0 Å². The van der Waals surface area contributed by atoms with Crippen LogP contribution in [0.25, 0.3) is 11.4 Å². The van der Waals surface area contributed by atoms with Gasteiger partial charge in [0, 0.05) is 22.7 Å². The molecule has 0 fully saturated rings. The number of carbonyl (C=O) groups is 1. The van der Waals surface area contributed by atoms with Crippen LogP contribution in [0.1, 0.15) is 44.7 Å². The third kappa shape index (κ3) is 5.02. The first kappa shape index (κ1) is 21.9. The fourth-order valence-electron chi connectivity index (χ4n) is 2.98. The number of carbonyl (C=O) groups excluding carboxylic acids is 1. The minimum absolute atomic E-state index is 0.00596. The Morgan fingerprint density at radius 2 is 1.90 bits per heavy atom. The van der Waals surface area contributed by atoms with Crippen molar-refractivity contribution in [1.82, 2.24) is 25.5 Å². The van der Waals surface area contributed by atoms with Crippen molar-refractivity contribution >= 4 is 17.5 Å². The van der Waals surface area contributed by atoms with Crippen LogP contribution in [0.3, 0.4) is 0 Å². The first-order valence-electron chi connectivity index (χ1n) is 9.76. The van der Waals surface area contributed by atoms with Gasteiger partial charge in [-0.05, 0) is 42.7 Å². The van der Waals surface area contributed by atoms with Crippen molar-refractivity contribution in [2.24, 2.45) is 5.41 Å².